The summed E-state index contributed by atoms with van der Waals surface area (Å²) in [5, 5.41) is 10.4. The van der Waals surface area contributed by atoms with Gasteiger partial charge in [-0.25, -0.2) is 0 Å². The third-order valence-corrected chi connectivity index (χ3v) is 4.58. The van der Waals surface area contributed by atoms with Crippen molar-refractivity contribution in [3.8, 4) is 0 Å². The zero-order chi connectivity index (χ0) is 16.9. The third-order valence-electron chi connectivity index (χ3n) is 4.58. The molecule has 2 aromatic rings. The van der Waals surface area contributed by atoms with Gasteiger partial charge in [0.05, 0.1) is 6.10 Å². The molecule has 5 nitrogen and oxygen atoms in total. The van der Waals surface area contributed by atoms with Crippen molar-refractivity contribution in [2.75, 3.05) is 6.54 Å². The number of rotatable bonds is 5. The van der Waals surface area contributed by atoms with Crippen LogP contribution in [0.2, 0.25) is 0 Å². The molecule has 2 heterocycles. The van der Waals surface area contributed by atoms with E-state index in [-0.39, 0.29) is 24.1 Å². The summed E-state index contributed by atoms with van der Waals surface area (Å²) in [6.45, 7) is 0.740. The van der Waals surface area contributed by atoms with Crippen LogP contribution in [0.3, 0.4) is 0 Å². The molecule has 1 fully saturated rings. The van der Waals surface area contributed by atoms with Crippen LogP contribution in [-0.2, 0) is 11.3 Å². The second-order valence-electron chi connectivity index (χ2n) is 6.21. The molecule has 5 heteroatoms. The fourth-order valence-corrected chi connectivity index (χ4v) is 3.31. The SMILES string of the molecule is O=C(Cn1ccccc1=O)N1CCCC1CC(O)c1ccccc1. The summed E-state index contributed by atoms with van der Waals surface area (Å²) in [5.41, 5.74) is 0.696. The number of aliphatic hydroxyl groups is 1. The van der Waals surface area contributed by atoms with Crippen LogP contribution in [0.5, 0.6) is 0 Å². The fourth-order valence-electron chi connectivity index (χ4n) is 3.31. The number of carbonyl (C=O) groups excluding carboxylic acids is 1. The van der Waals surface area contributed by atoms with E-state index in [2.05, 4.69) is 0 Å². The monoisotopic (exact) mass is 326 g/mol. The average Bonchev–Trinajstić information content (AvgIpc) is 3.06. The van der Waals surface area contributed by atoms with E-state index >= 15 is 0 Å². The summed E-state index contributed by atoms with van der Waals surface area (Å²) in [6.07, 6.45) is 3.40. The molecule has 1 N–H and O–H groups in total. The lowest BCUT2D eigenvalue weighted by Gasteiger charge is -2.27. The topological polar surface area (TPSA) is 62.5 Å². The second kappa shape index (κ2) is 7.45. The van der Waals surface area contributed by atoms with E-state index < -0.39 is 6.10 Å². The first-order valence-electron chi connectivity index (χ1n) is 8.33. The molecule has 0 spiro atoms. The number of amides is 1. The summed E-state index contributed by atoms with van der Waals surface area (Å²) in [4.78, 5) is 26.2. The second-order valence-corrected chi connectivity index (χ2v) is 6.21. The van der Waals surface area contributed by atoms with Crippen LogP contribution >= 0.6 is 0 Å². The predicted molar refractivity (Wildman–Crippen MR) is 91.5 cm³/mol. The molecule has 1 saturated heterocycles. The first-order valence-corrected chi connectivity index (χ1v) is 8.33. The fraction of sp³-hybridized carbons (Fsp3) is 0.368. The Morgan fingerprint density at radius 2 is 1.92 bits per heavy atom. The molecular formula is C19H22N2O3. The van der Waals surface area contributed by atoms with E-state index in [1.807, 2.05) is 35.2 Å². The highest BCUT2D eigenvalue weighted by Crippen LogP contribution is 2.27. The summed E-state index contributed by atoms with van der Waals surface area (Å²) in [5.74, 6) is -0.0638. The normalized spacial score (nSPS) is 18.5. The summed E-state index contributed by atoms with van der Waals surface area (Å²) >= 11 is 0. The lowest BCUT2D eigenvalue weighted by atomic mass is 10.0. The van der Waals surface area contributed by atoms with Crippen molar-refractivity contribution >= 4 is 5.91 Å². The minimum atomic E-state index is -0.580. The smallest absolute Gasteiger partial charge is 0.250 e. The van der Waals surface area contributed by atoms with Crippen LogP contribution in [0.1, 0.15) is 30.9 Å². The highest BCUT2D eigenvalue weighted by Gasteiger charge is 2.30. The lowest BCUT2D eigenvalue weighted by molar-refractivity contribution is -0.133. The van der Waals surface area contributed by atoms with Crippen molar-refractivity contribution in [3.63, 3.8) is 0 Å². The van der Waals surface area contributed by atoms with Crippen molar-refractivity contribution < 1.29 is 9.90 Å². The van der Waals surface area contributed by atoms with Crippen molar-refractivity contribution in [1.29, 1.82) is 0 Å². The number of nitrogens with zero attached hydrogens (tertiary/aromatic N) is 2. The largest absolute Gasteiger partial charge is 0.388 e. The van der Waals surface area contributed by atoms with Gasteiger partial charge in [0.15, 0.2) is 0 Å². The molecule has 0 radical (unpaired) electrons. The predicted octanol–water partition coefficient (Wildman–Crippen LogP) is 1.96. The van der Waals surface area contributed by atoms with E-state index in [1.54, 1.807) is 18.3 Å². The van der Waals surface area contributed by atoms with Crippen molar-refractivity contribution in [2.24, 2.45) is 0 Å². The van der Waals surface area contributed by atoms with Crippen LogP contribution in [0.4, 0.5) is 0 Å². The standard InChI is InChI=1S/C19H22N2O3/c22-17(15-7-2-1-3-8-15)13-16-9-6-12-21(16)19(24)14-20-11-5-4-10-18(20)23/h1-5,7-8,10-11,16-17,22H,6,9,12-14H2. The van der Waals surface area contributed by atoms with Gasteiger partial charge in [0.1, 0.15) is 6.54 Å². The molecule has 1 aromatic heterocycles. The summed E-state index contributed by atoms with van der Waals surface area (Å²) in [7, 11) is 0. The molecule has 24 heavy (non-hydrogen) atoms. The van der Waals surface area contributed by atoms with Crippen LogP contribution in [-0.4, -0.2) is 33.1 Å². The third kappa shape index (κ3) is 3.74. The Labute approximate surface area is 141 Å². The Kier molecular flexibility index (Phi) is 5.11. The number of hydrogen-bond acceptors (Lipinski definition) is 3. The number of aliphatic hydroxyl groups excluding tert-OH is 1. The molecule has 0 bridgehead atoms. The Bertz CT molecular complexity index is 742. The Morgan fingerprint density at radius 3 is 2.67 bits per heavy atom. The minimum Gasteiger partial charge on any atom is -0.388 e. The van der Waals surface area contributed by atoms with E-state index in [0.717, 1.165) is 18.4 Å². The molecule has 1 amide bonds. The first kappa shape index (κ1) is 16.5. The highest BCUT2D eigenvalue weighted by molar-refractivity contribution is 5.76. The van der Waals surface area contributed by atoms with E-state index in [0.29, 0.717) is 13.0 Å². The zero-order valence-corrected chi connectivity index (χ0v) is 13.5. The first-order chi connectivity index (χ1) is 11.6. The Hall–Kier alpha value is -2.40. The molecule has 0 saturated carbocycles. The maximum atomic E-state index is 12.6. The van der Waals surface area contributed by atoms with Gasteiger partial charge in [-0.2, -0.15) is 0 Å². The van der Waals surface area contributed by atoms with E-state index in [9.17, 15) is 14.7 Å². The molecule has 1 aromatic carbocycles. The minimum absolute atomic E-state index is 0.0205. The van der Waals surface area contributed by atoms with E-state index in [4.69, 9.17) is 0 Å². The van der Waals surface area contributed by atoms with Gasteiger partial charge in [-0.1, -0.05) is 36.4 Å². The number of carbonyl (C=O) groups is 1. The van der Waals surface area contributed by atoms with Gasteiger partial charge in [-0.05, 0) is 30.9 Å². The van der Waals surface area contributed by atoms with Gasteiger partial charge in [0, 0.05) is 24.8 Å². The number of hydrogen-bond donors (Lipinski definition) is 1. The van der Waals surface area contributed by atoms with Crippen molar-refractivity contribution in [1.82, 2.24) is 9.47 Å². The summed E-state index contributed by atoms with van der Waals surface area (Å²) < 4.78 is 1.42. The van der Waals surface area contributed by atoms with Crippen LogP contribution in [0.15, 0.2) is 59.5 Å². The number of benzene rings is 1. The van der Waals surface area contributed by atoms with E-state index in [1.165, 1.54) is 10.6 Å². The van der Waals surface area contributed by atoms with Gasteiger partial charge < -0.3 is 14.6 Å². The molecule has 1 aliphatic rings. The molecule has 126 valence electrons. The quantitative estimate of drug-likeness (QED) is 0.914. The van der Waals surface area contributed by atoms with Crippen molar-refractivity contribution in [3.05, 3.63) is 70.6 Å². The number of pyridine rings is 1. The molecule has 1 aliphatic heterocycles. The molecule has 3 rings (SSSR count). The molecule has 2 atom stereocenters. The highest BCUT2D eigenvalue weighted by atomic mass is 16.3. The van der Waals surface area contributed by atoms with Gasteiger partial charge in [-0.15, -0.1) is 0 Å². The number of likely N-dealkylation sites (tertiary alicyclic amines) is 1. The average molecular weight is 326 g/mol. The molecule has 0 aliphatic carbocycles. The lowest BCUT2D eigenvalue weighted by Crippen LogP contribution is -2.40. The van der Waals surface area contributed by atoms with Gasteiger partial charge in [-0.3, -0.25) is 9.59 Å². The number of aromatic nitrogens is 1. The maximum absolute atomic E-state index is 12.6. The van der Waals surface area contributed by atoms with Crippen molar-refractivity contribution in [2.45, 2.75) is 38.0 Å². The van der Waals surface area contributed by atoms with Gasteiger partial charge >= 0.3 is 0 Å². The Morgan fingerprint density at radius 1 is 1.17 bits per heavy atom. The zero-order valence-electron chi connectivity index (χ0n) is 13.5. The molecular weight excluding hydrogens is 304 g/mol. The van der Waals surface area contributed by atoms with Gasteiger partial charge in [0.2, 0.25) is 5.91 Å². The van der Waals surface area contributed by atoms with Crippen LogP contribution < -0.4 is 5.56 Å². The Balaban J connectivity index is 1.66. The molecule has 2 unspecified atom stereocenters. The van der Waals surface area contributed by atoms with Crippen LogP contribution in [0, 0.1) is 0 Å². The summed E-state index contributed by atoms with van der Waals surface area (Å²) in [6, 6.07) is 14.4. The maximum Gasteiger partial charge on any atom is 0.250 e. The van der Waals surface area contributed by atoms with Gasteiger partial charge in [0.25, 0.3) is 5.56 Å². The van der Waals surface area contributed by atoms with Crippen LogP contribution in [0.25, 0.3) is 0 Å².